The topological polar surface area (TPSA) is 57.2 Å². The molecule has 7 atom stereocenters. The lowest BCUT2D eigenvalue weighted by atomic mass is 9.71. The second-order valence-corrected chi connectivity index (χ2v) is 7.80. The molecule has 0 radical (unpaired) electrons. The van der Waals surface area contributed by atoms with Crippen molar-refractivity contribution in [1.82, 2.24) is 0 Å². The number of rotatable bonds is 1. The van der Waals surface area contributed by atoms with Gasteiger partial charge in [0.15, 0.2) is 0 Å². The Morgan fingerprint density at radius 3 is 2.62 bits per heavy atom. The van der Waals surface area contributed by atoms with Crippen LogP contribution in [0.15, 0.2) is 0 Å². The SMILES string of the molecule is O=S(=O)([O-])C1CC2CC1C1C3[CH-]CC(C3)C21. The van der Waals surface area contributed by atoms with Crippen molar-refractivity contribution in [3.05, 3.63) is 6.42 Å². The van der Waals surface area contributed by atoms with Crippen LogP contribution < -0.4 is 0 Å². The summed E-state index contributed by atoms with van der Waals surface area (Å²) in [5.41, 5.74) is 0. The molecule has 4 saturated carbocycles. The molecule has 0 spiro atoms. The van der Waals surface area contributed by atoms with Crippen molar-refractivity contribution in [2.75, 3.05) is 0 Å². The molecule has 16 heavy (non-hydrogen) atoms. The highest BCUT2D eigenvalue weighted by Crippen LogP contribution is 2.67. The van der Waals surface area contributed by atoms with E-state index in [1.165, 1.54) is 12.8 Å². The first-order chi connectivity index (χ1) is 7.55. The van der Waals surface area contributed by atoms with Crippen molar-refractivity contribution in [2.45, 2.75) is 30.9 Å². The summed E-state index contributed by atoms with van der Waals surface area (Å²) in [5, 5.41) is -0.550. The van der Waals surface area contributed by atoms with E-state index < -0.39 is 15.4 Å². The fraction of sp³-hybridized carbons (Fsp3) is 0.917. The van der Waals surface area contributed by atoms with Crippen molar-refractivity contribution < 1.29 is 13.0 Å². The Morgan fingerprint density at radius 1 is 1.06 bits per heavy atom. The van der Waals surface area contributed by atoms with Crippen molar-refractivity contribution in [3.63, 3.8) is 0 Å². The summed E-state index contributed by atoms with van der Waals surface area (Å²) < 4.78 is 33.8. The van der Waals surface area contributed by atoms with Crippen LogP contribution in [0.4, 0.5) is 0 Å². The van der Waals surface area contributed by atoms with E-state index in [-0.39, 0.29) is 5.92 Å². The van der Waals surface area contributed by atoms with Gasteiger partial charge in [-0.15, -0.1) is 0 Å². The van der Waals surface area contributed by atoms with Crippen LogP contribution in [0.3, 0.4) is 0 Å². The van der Waals surface area contributed by atoms with Crippen molar-refractivity contribution >= 4 is 10.1 Å². The molecular weight excluding hydrogens is 224 g/mol. The fourth-order valence-corrected chi connectivity index (χ4v) is 6.75. The van der Waals surface area contributed by atoms with Crippen LogP contribution in [0.25, 0.3) is 0 Å². The Labute approximate surface area is 96.4 Å². The van der Waals surface area contributed by atoms with Crippen LogP contribution in [-0.4, -0.2) is 18.2 Å². The summed E-state index contributed by atoms with van der Waals surface area (Å²) in [4.78, 5) is 0. The van der Waals surface area contributed by atoms with Gasteiger partial charge < -0.3 is 11.0 Å². The van der Waals surface area contributed by atoms with Gasteiger partial charge in [0.1, 0.15) is 0 Å². The zero-order chi connectivity index (χ0) is 11.1. The van der Waals surface area contributed by atoms with Crippen molar-refractivity contribution in [3.8, 4) is 0 Å². The molecule has 0 N–H and O–H groups in total. The molecule has 4 rings (SSSR count). The fourth-order valence-electron chi connectivity index (χ4n) is 5.54. The molecule has 4 fully saturated rings. The second kappa shape index (κ2) is 2.83. The third-order valence-corrected chi connectivity index (χ3v) is 7.08. The Bertz CT molecular complexity index is 430. The molecule has 0 saturated heterocycles. The zero-order valence-electron chi connectivity index (χ0n) is 9.08. The van der Waals surface area contributed by atoms with Gasteiger partial charge in [-0.2, -0.15) is 12.3 Å². The molecule has 0 aliphatic heterocycles. The monoisotopic (exact) mass is 240 g/mol. The highest BCUT2D eigenvalue weighted by Gasteiger charge is 2.60. The first-order valence-electron chi connectivity index (χ1n) is 6.34. The first-order valence-corrected chi connectivity index (χ1v) is 7.81. The summed E-state index contributed by atoms with van der Waals surface area (Å²) in [7, 11) is -4.05. The van der Waals surface area contributed by atoms with E-state index in [2.05, 4.69) is 6.42 Å². The highest BCUT2D eigenvalue weighted by atomic mass is 32.2. The van der Waals surface area contributed by atoms with Crippen LogP contribution in [0.2, 0.25) is 0 Å². The van der Waals surface area contributed by atoms with Gasteiger partial charge >= 0.3 is 0 Å². The van der Waals surface area contributed by atoms with Gasteiger partial charge in [0.2, 0.25) is 0 Å². The second-order valence-electron chi connectivity index (χ2n) is 6.21. The standard InChI is InChI=1S/C12H17O3S/c13-16(14,15)10-5-8-4-9(10)12-7-2-1-6(3-7)11(8)12/h2,6-12H,1,3-5H2,(H,13,14,15)/q-1/p-1. The lowest BCUT2D eigenvalue weighted by molar-refractivity contribution is 0.169. The smallest absolute Gasteiger partial charge is 0.0978 e. The molecule has 4 bridgehead atoms. The van der Waals surface area contributed by atoms with Crippen LogP contribution in [0, 0.1) is 41.9 Å². The van der Waals surface area contributed by atoms with Gasteiger partial charge in [0, 0.05) is 0 Å². The van der Waals surface area contributed by atoms with E-state index in [1.807, 2.05) is 0 Å². The van der Waals surface area contributed by atoms with E-state index >= 15 is 0 Å². The lowest BCUT2D eigenvalue weighted by Crippen LogP contribution is -2.39. The first kappa shape index (κ1) is 9.89. The molecule has 4 heteroatoms. The highest BCUT2D eigenvalue weighted by molar-refractivity contribution is 7.86. The molecule has 0 aromatic rings. The van der Waals surface area contributed by atoms with Crippen LogP contribution in [0.1, 0.15) is 25.7 Å². The lowest BCUT2D eigenvalue weighted by Gasteiger charge is -2.43. The van der Waals surface area contributed by atoms with E-state index in [0.717, 1.165) is 18.3 Å². The van der Waals surface area contributed by atoms with Gasteiger partial charge in [-0.1, -0.05) is 18.3 Å². The summed E-state index contributed by atoms with van der Waals surface area (Å²) in [6, 6.07) is 0. The third-order valence-electron chi connectivity index (χ3n) is 5.80. The molecule has 3 nitrogen and oxygen atoms in total. The minimum Gasteiger partial charge on any atom is -0.748 e. The van der Waals surface area contributed by atoms with Crippen LogP contribution in [-0.2, 0) is 10.1 Å². The van der Waals surface area contributed by atoms with Gasteiger partial charge in [-0.25, -0.2) is 8.42 Å². The quantitative estimate of drug-likeness (QED) is 0.395. The minimum atomic E-state index is -4.05. The predicted octanol–water partition coefficient (Wildman–Crippen LogP) is 1.42. The minimum absolute atomic E-state index is 0.198. The average molecular weight is 240 g/mol. The van der Waals surface area contributed by atoms with Crippen LogP contribution in [0.5, 0.6) is 0 Å². The molecule has 0 aromatic heterocycles. The maximum atomic E-state index is 11.3. The molecule has 7 unspecified atom stereocenters. The molecule has 90 valence electrons. The maximum Gasteiger partial charge on any atom is 0.0978 e. The Balaban J connectivity index is 1.71. The average Bonchev–Trinajstić information content (AvgIpc) is 2.94. The molecule has 4 aliphatic carbocycles. The summed E-state index contributed by atoms with van der Waals surface area (Å²) >= 11 is 0. The van der Waals surface area contributed by atoms with Crippen molar-refractivity contribution in [1.29, 1.82) is 0 Å². The largest absolute Gasteiger partial charge is 0.748 e. The maximum absolute atomic E-state index is 11.3. The molecular formula is C12H16O3S-2. The van der Waals surface area contributed by atoms with Crippen molar-refractivity contribution in [2.24, 2.45) is 35.5 Å². The van der Waals surface area contributed by atoms with Gasteiger partial charge in [-0.05, 0) is 30.6 Å². The van der Waals surface area contributed by atoms with Gasteiger partial charge in [-0.3, -0.25) is 0 Å². The van der Waals surface area contributed by atoms with Crippen LogP contribution >= 0.6 is 0 Å². The van der Waals surface area contributed by atoms with E-state index in [1.54, 1.807) is 0 Å². The number of hydrogen-bond donors (Lipinski definition) is 0. The van der Waals surface area contributed by atoms with E-state index in [4.69, 9.17) is 0 Å². The molecule has 4 aliphatic rings. The summed E-state index contributed by atoms with van der Waals surface area (Å²) in [6.45, 7) is 0. The molecule has 0 amide bonds. The predicted molar refractivity (Wildman–Crippen MR) is 57.2 cm³/mol. The van der Waals surface area contributed by atoms with E-state index in [9.17, 15) is 13.0 Å². The van der Waals surface area contributed by atoms with Gasteiger partial charge in [0.25, 0.3) is 0 Å². The van der Waals surface area contributed by atoms with Gasteiger partial charge in [0.05, 0.1) is 15.4 Å². The number of fused-ring (bicyclic) bond motifs is 9. The Morgan fingerprint density at radius 2 is 1.88 bits per heavy atom. The molecule has 0 aromatic carbocycles. The molecule has 0 heterocycles. The summed E-state index contributed by atoms with van der Waals surface area (Å²) in [6.07, 6.45) is 6.59. The zero-order valence-corrected chi connectivity index (χ0v) is 9.90. The summed E-state index contributed by atoms with van der Waals surface area (Å²) in [5.74, 6) is 3.51. The third kappa shape index (κ3) is 1.05. The van der Waals surface area contributed by atoms with E-state index in [0.29, 0.717) is 24.2 Å². The normalized spacial score (nSPS) is 58.2. The Kier molecular flexibility index (Phi) is 1.75. The Hall–Kier alpha value is -0.0900. The number of hydrogen-bond acceptors (Lipinski definition) is 3.